The fraction of sp³-hybridized carbons (Fsp3) is 0.414. The third kappa shape index (κ3) is 4.60. The number of hydrogen-bond donors (Lipinski definition) is 0. The van der Waals surface area contributed by atoms with E-state index in [2.05, 4.69) is 96.2 Å². The third-order valence-electron chi connectivity index (χ3n) is 7.03. The summed E-state index contributed by atoms with van der Waals surface area (Å²) in [6, 6.07) is 14.8. The zero-order valence-electron chi connectivity index (χ0n) is 20.2. The number of halogens is 2. The Labute approximate surface area is 214 Å². The van der Waals surface area contributed by atoms with Crippen molar-refractivity contribution in [2.75, 3.05) is 0 Å². The molecule has 3 heteroatoms. The SMILES string of the molecule is CC(C)(C)c1ccc2c(c1)[CH]([Zr+2]([C]1=CC=CC1)=[C]1CC1)c1cc(C(C)(C)C)ccc1-2.[Cl-].[Cl-]. The first-order chi connectivity index (χ1) is 14.1. The van der Waals surface area contributed by atoms with Crippen molar-refractivity contribution in [3.05, 3.63) is 80.2 Å². The van der Waals surface area contributed by atoms with Crippen molar-refractivity contribution in [2.45, 2.75) is 75.3 Å². The van der Waals surface area contributed by atoms with Crippen LogP contribution < -0.4 is 24.8 Å². The van der Waals surface area contributed by atoms with Gasteiger partial charge in [-0.1, -0.05) is 0 Å². The van der Waals surface area contributed by atoms with Crippen LogP contribution in [0.3, 0.4) is 0 Å². The monoisotopic (exact) mass is 542 g/mol. The molecule has 0 unspecified atom stereocenters. The summed E-state index contributed by atoms with van der Waals surface area (Å²) in [6.45, 7) is 14.1. The van der Waals surface area contributed by atoms with Crippen LogP contribution in [-0.4, -0.2) is 3.21 Å². The van der Waals surface area contributed by atoms with Gasteiger partial charge >= 0.3 is 191 Å². The maximum absolute atomic E-state index is 2.59. The topological polar surface area (TPSA) is 0 Å². The number of fused-ring (bicyclic) bond motifs is 3. The van der Waals surface area contributed by atoms with Crippen molar-refractivity contribution in [2.24, 2.45) is 0 Å². The molecule has 2 aromatic rings. The predicted molar refractivity (Wildman–Crippen MR) is 127 cm³/mol. The van der Waals surface area contributed by atoms with Crippen LogP contribution in [0.5, 0.6) is 0 Å². The first-order valence-corrected chi connectivity index (χ1v) is 15.4. The number of rotatable bonds is 2. The molecule has 0 aliphatic heterocycles. The standard InChI is InChI=1S/C21H25.C5H5.C3H4.2ClH.Zr/c1-20(2,3)16-7-9-18-14(12-16)11-15-13-17(21(4,5)6)8-10-19(15)18;1-2-4-5-3-1;1-2-3-1;;;/h7-13H,1-6H3;1-3H,4H2;1-2H2;2*1H;/q;;;;;+2/p-2. The molecular weight excluding hydrogens is 510 g/mol. The van der Waals surface area contributed by atoms with E-state index in [1.165, 1.54) is 41.5 Å². The van der Waals surface area contributed by atoms with Gasteiger partial charge in [0.15, 0.2) is 0 Å². The summed E-state index contributed by atoms with van der Waals surface area (Å²) in [6.07, 6.45) is 11.2. The Bertz CT molecular complexity index is 1070. The molecule has 1 fully saturated rings. The van der Waals surface area contributed by atoms with Crippen molar-refractivity contribution < 1.29 is 46.1 Å². The van der Waals surface area contributed by atoms with Gasteiger partial charge in [0.25, 0.3) is 0 Å². The molecule has 0 spiro atoms. The number of benzene rings is 2. The van der Waals surface area contributed by atoms with E-state index in [0.717, 1.165) is 0 Å². The smallest absolute Gasteiger partial charge is 1.00 e. The fourth-order valence-electron chi connectivity index (χ4n) is 5.10. The summed E-state index contributed by atoms with van der Waals surface area (Å²) >= 11 is -1.95. The number of allylic oxidation sites excluding steroid dienone is 4. The molecule has 5 rings (SSSR count). The normalized spacial score (nSPS) is 16.4. The van der Waals surface area contributed by atoms with Crippen molar-refractivity contribution in [3.8, 4) is 11.1 Å². The molecule has 0 bridgehead atoms. The van der Waals surface area contributed by atoms with Gasteiger partial charge in [0.1, 0.15) is 0 Å². The molecule has 0 heterocycles. The van der Waals surface area contributed by atoms with E-state index in [0.29, 0.717) is 3.63 Å². The summed E-state index contributed by atoms with van der Waals surface area (Å²) in [5.74, 6) is 0. The maximum atomic E-state index is 2.59. The van der Waals surface area contributed by atoms with Crippen LogP contribution in [0.15, 0.2) is 57.9 Å². The van der Waals surface area contributed by atoms with E-state index in [-0.39, 0.29) is 35.6 Å². The molecule has 0 saturated heterocycles. The van der Waals surface area contributed by atoms with Gasteiger partial charge in [0.05, 0.1) is 0 Å². The van der Waals surface area contributed by atoms with Crippen molar-refractivity contribution in [1.29, 1.82) is 0 Å². The maximum Gasteiger partial charge on any atom is -1.00 e. The molecule has 0 atom stereocenters. The molecule has 0 radical (unpaired) electrons. The molecule has 3 aliphatic carbocycles. The van der Waals surface area contributed by atoms with E-state index < -0.39 is 21.3 Å². The number of hydrogen-bond acceptors (Lipinski definition) is 0. The van der Waals surface area contributed by atoms with Crippen LogP contribution >= 0.6 is 0 Å². The third-order valence-corrected chi connectivity index (χ3v) is 15.7. The summed E-state index contributed by atoms with van der Waals surface area (Å²) in [5, 5.41) is 0. The van der Waals surface area contributed by atoms with Crippen LogP contribution in [0.4, 0.5) is 0 Å². The Morgan fingerprint density at radius 2 is 1.25 bits per heavy atom. The van der Waals surface area contributed by atoms with Crippen molar-refractivity contribution in [3.63, 3.8) is 0 Å². The van der Waals surface area contributed by atoms with Gasteiger partial charge in [-0.15, -0.1) is 0 Å². The van der Waals surface area contributed by atoms with E-state index in [4.69, 9.17) is 0 Å². The van der Waals surface area contributed by atoms with Gasteiger partial charge in [0.2, 0.25) is 0 Å². The van der Waals surface area contributed by atoms with Gasteiger partial charge in [-0.25, -0.2) is 0 Å². The average molecular weight is 545 g/mol. The summed E-state index contributed by atoms with van der Waals surface area (Å²) in [7, 11) is 0. The van der Waals surface area contributed by atoms with Crippen LogP contribution in [0.25, 0.3) is 11.1 Å². The van der Waals surface area contributed by atoms with Crippen LogP contribution in [-0.2, 0) is 32.1 Å². The second-order valence-electron chi connectivity index (χ2n) is 11.4. The largest absolute Gasteiger partial charge is 1.00 e. The second-order valence-corrected chi connectivity index (χ2v) is 18.1. The first-order valence-electron chi connectivity index (χ1n) is 11.5. The zero-order valence-corrected chi connectivity index (χ0v) is 24.1. The first kappa shape index (κ1) is 25.9. The van der Waals surface area contributed by atoms with Crippen LogP contribution in [0.1, 0.15) is 86.7 Å². The van der Waals surface area contributed by atoms with Gasteiger partial charge in [-0.2, -0.15) is 0 Å². The Balaban J connectivity index is 0.00000144. The molecule has 0 aromatic heterocycles. The van der Waals surface area contributed by atoms with E-state index in [1.807, 2.05) is 6.49 Å². The van der Waals surface area contributed by atoms with E-state index in [1.54, 1.807) is 11.1 Å². The van der Waals surface area contributed by atoms with E-state index in [9.17, 15) is 0 Å². The van der Waals surface area contributed by atoms with Crippen molar-refractivity contribution in [1.82, 2.24) is 0 Å². The molecule has 3 aliphatic rings. The zero-order chi connectivity index (χ0) is 21.3. The van der Waals surface area contributed by atoms with Gasteiger partial charge in [-0.3, -0.25) is 0 Å². The Kier molecular flexibility index (Phi) is 7.38. The minimum Gasteiger partial charge on any atom is -1.00 e. The summed E-state index contributed by atoms with van der Waals surface area (Å²) < 4.78 is 4.43. The predicted octanol–water partition coefficient (Wildman–Crippen LogP) is 1.79. The molecule has 168 valence electrons. The minimum absolute atomic E-state index is 0. The molecule has 0 nitrogen and oxygen atoms in total. The molecule has 0 amide bonds. The molecule has 2 aromatic carbocycles. The van der Waals surface area contributed by atoms with Gasteiger partial charge in [-0.05, 0) is 0 Å². The van der Waals surface area contributed by atoms with Crippen LogP contribution in [0, 0.1) is 0 Å². The molecule has 32 heavy (non-hydrogen) atoms. The second kappa shape index (κ2) is 9.13. The summed E-state index contributed by atoms with van der Waals surface area (Å²) in [4.78, 5) is 0. The van der Waals surface area contributed by atoms with Crippen LogP contribution in [0.2, 0.25) is 0 Å². The van der Waals surface area contributed by atoms with Crippen molar-refractivity contribution >= 4 is 3.21 Å². The molecule has 1 saturated carbocycles. The summed E-state index contributed by atoms with van der Waals surface area (Å²) in [5.41, 5.74) is 9.65. The Hall–Kier alpha value is -0.747. The molecular formula is C29H34Cl2Zr. The molecule has 0 N–H and O–H groups in total. The Morgan fingerprint density at radius 3 is 1.62 bits per heavy atom. The van der Waals surface area contributed by atoms with Gasteiger partial charge in [0, 0.05) is 0 Å². The quantitative estimate of drug-likeness (QED) is 0.541. The fourth-order valence-corrected chi connectivity index (χ4v) is 14.0. The average Bonchev–Trinajstić information content (AvgIpc) is 3.26. The Morgan fingerprint density at radius 1 is 0.750 bits per heavy atom. The van der Waals surface area contributed by atoms with Gasteiger partial charge < -0.3 is 24.8 Å². The van der Waals surface area contributed by atoms with E-state index >= 15 is 0 Å². The minimum atomic E-state index is -1.95.